The van der Waals surface area contributed by atoms with Gasteiger partial charge in [-0.3, -0.25) is 0 Å². The first kappa shape index (κ1) is 12.4. The number of nitrogens with one attached hydrogen (secondary N) is 1. The minimum absolute atomic E-state index is 0.282. The fraction of sp³-hybridized carbons (Fsp3) is 0.727. The topological polar surface area (TPSA) is 63.4 Å². The van der Waals surface area contributed by atoms with E-state index in [0.29, 0.717) is 11.6 Å². The van der Waals surface area contributed by atoms with Gasteiger partial charge < -0.3 is 20.7 Å². The highest BCUT2D eigenvalue weighted by atomic mass is 32.1. The Morgan fingerprint density at radius 3 is 2.71 bits per heavy atom. The predicted octanol–water partition coefficient (Wildman–Crippen LogP) is 1.63. The monoisotopic (exact) mass is 256 g/mol. The van der Waals surface area contributed by atoms with Gasteiger partial charge in [0.15, 0.2) is 16.6 Å². The van der Waals surface area contributed by atoms with Crippen LogP contribution in [0.3, 0.4) is 0 Å². The van der Waals surface area contributed by atoms with E-state index in [-0.39, 0.29) is 5.54 Å². The van der Waals surface area contributed by atoms with Crippen molar-refractivity contribution in [2.75, 3.05) is 38.8 Å². The predicted molar refractivity (Wildman–Crippen MR) is 71.8 cm³/mol. The van der Waals surface area contributed by atoms with Gasteiger partial charge in [0.2, 0.25) is 0 Å². The lowest BCUT2D eigenvalue weighted by Crippen LogP contribution is -2.54. The molecule has 0 aliphatic heterocycles. The minimum atomic E-state index is 0.282. The molecule has 0 bridgehead atoms. The summed E-state index contributed by atoms with van der Waals surface area (Å²) in [6.07, 6.45) is 3.79. The zero-order valence-corrected chi connectivity index (χ0v) is 11.4. The number of rotatable bonds is 5. The second kappa shape index (κ2) is 4.70. The number of aromatic nitrogens is 1. The molecule has 17 heavy (non-hydrogen) atoms. The summed E-state index contributed by atoms with van der Waals surface area (Å²) >= 11 is 1.36. The van der Waals surface area contributed by atoms with Gasteiger partial charge in [0.1, 0.15) is 0 Å². The van der Waals surface area contributed by atoms with E-state index in [2.05, 4.69) is 28.7 Å². The summed E-state index contributed by atoms with van der Waals surface area (Å²) in [5, 5.41) is 4.35. The van der Waals surface area contributed by atoms with Crippen molar-refractivity contribution in [1.29, 1.82) is 0 Å². The molecule has 0 unspecified atom stereocenters. The molecule has 0 radical (unpaired) electrons. The summed E-state index contributed by atoms with van der Waals surface area (Å²) in [6.45, 7) is 0.915. The van der Waals surface area contributed by atoms with Crippen LogP contribution in [-0.4, -0.2) is 42.6 Å². The Morgan fingerprint density at radius 1 is 1.53 bits per heavy atom. The Balaban J connectivity index is 2.02. The fourth-order valence-electron chi connectivity index (χ4n) is 2.22. The molecule has 1 fully saturated rings. The Hall–Kier alpha value is -1.01. The van der Waals surface area contributed by atoms with Crippen LogP contribution in [0.25, 0.3) is 0 Å². The highest BCUT2D eigenvalue weighted by Crippen LogP contribution is 2.39. The first-order chi connectivity index (χ1) is 8.09. The molecule has 0 aromatic carbocycles. The second-order valence-corrected chi connectivity index (χ2v) is 5.53. The van der Waals surface area contributed by atoms with Crippen LogP contribution in [0.1, 0.15) is 19.3 Å². The van der Waals surface area contributed by atoms with E-state index in [1.54, 1.807) is 7.11 Å². The van der Waals surface area contributed by atoms with Crippen molar-refractivity contribution in [3.05, 3.63) is 0 Å². The molecule has 0 spiro atoms. The SMILES string of the molecule is COc1c(N)nsc1NCC1(N(C)C)CCC1. The second-order valence-electron chi connectivity index (χ2n) is 4.76. The lowest BCUT2D eigenvalue weighted by molar-refractivity contribution is 0.0739. The molecule has 96 valence electrons. The Bertz CT molecular complexity index is 387. The van der Waals surface area contributed by atoms with Crippen molar-refractivity contribution in [3.63, 3.8) is 0 Å². The number of nitrogens with two attached hydrogens (primary N) is 1. The number of nitrogen functional groups attached to an aromatic ring is 1. The maximum absolute atomic E-state index is 5.72. The van der Waals surface area contributed by atoms with Gasteiger partial charge in [-0.1, -0.05) is 0 Å². The van der Waals surface area contributed by atoms with E-state index in [0.717, 1.165) is 11.5 Å². The van der Waals surface area contributed by atoms with Crippen molar-refractivity contribution in [2.45, 2.75) is 24.8 Å². The van der Waals surface area contributed by atoms with Gasteiger partial charge in [0.25, 0.3) is 0 Å². The molecular formula is C11H20N4OS. The summed E-state index contributed by atoms with van der Waals surface area (Å²) in [4.78, 5) is 2.31. The van der Waals surface area contributed by atoms with Crippen molar-refractivity contribution in [1.82, 2.24) is 9.27 Å². The van der Waals surface area contributed by atoms with E-state index < -0.39 is 0 Å². The lowest BCUT2D eigenvalue weighted by atomic mass is 9.75. The highest BCUT2D eigenvalue weighted by Gasteiger charge is 2.39. The number of ether oxygens (including phenoxy) is 1. The lowest BCUT2D eigenvalue weighted by Gasteiger charge is -2.47. The Kier molecular flexibility index (Phi) is 3.44. The normalized spacial score (nSPS) is 17.9. The van der Waals surface area contributed by atoms with Gasteiger partial charge in [-0.05, 0) is 44.9 Å². The van der Waals surface area contributed by atoms with E-state index >= 15 is 0 Å². The number of anilines is 2. The van der Waals surface area contributed by atoms with Gasteiger partial charge in [-0.25, -0.2) is 0 Å². The highest BCUT2D eigenvalue weighted by molar-refractivity contribution is 7.11. The average Bonchev–Trinajstić information content (AvgIpc) is 2.57. The molecule has 3 N–H and O–H groups in total. The third-order valence-corrected chi connectivity index (χ3v) is 4.49. The smallest absolute Gasteiger partial charge is 0.197 e. The molecule has 0 saturated heterocycles. The Labute approximate surface area is 106 Å². The molecule has 1 aliphatic rings. The van der Waals surface area contributed by atoms with E-state index in [1.807, 2.05) is 0 Å². The zero-order valence-electron chi connectivity index (χ0n) is 10.6. The van der Waals surface area contributed by atoms with Crippen LogP contribution in [0.4, 0.5) is 10.8 Å². The van der Waals surface area contributed by atoms with E-state index in [1.165, 1.54) is 30.8 Å². The van der Waals surface area contributed by atoms with Crippen LogP contribution in [0, 0.1) is 0 Å². The molecule has 1 heterocycles. The summed E-state index contributed by atoms with van der Waals surface area (Å²) in [5.74, 6) is 1.13. The van der Waals surface area contributed by atoms with E-state index in [9.17, 15) is 0 Å². The quantitative estimate of drug-likeness (QED) is 0.838. The molecule has 1 aliphatic carbocycles. The van der Waals surface area contributed by atoms with Crippen molar-refractivity contribution >= 4 is 22.4 Å². The average molecular weight is 256 g/mol. The van der Waals surface area contributed by atoms with Crippen LogP contribution in [-0.2, 0) is 0 Å². The first-order valence-electron chi connectivity index (χ1n) is 5.79. The standard InChI is InChI=1S/C11H20N4OS/c1-15(2)11(5-4-6-11)7-13-10-8(16-3)9(12)14-17-10/h13H,4-7H2,1-3H3,(H2,12,14). The van der Waals surface area contributed by atoms with Crippen LogP contribution in [0.15, 0.2) is 0 Å². The number of likely N-dealkylation sites (N-methyl/N-ethyl adjacent to an activating group) is 1. The van der Waals surface area contributed by atoms with Gasteiger partial charge in [0, 0.05) is 12.1 Å². The molecule has 2 rings (SSSR count). The van der Waals surface area contributed by atoms with Gasteiger partial charge in [0.05, 0.1) is 7.11 Å². The van der Waals surface area contributed by atoms with Crippen LogP contribution in [0.5, 0.6) is 5.75 Å². The number of methoxy groups -OCH3 is 1. The van der Waals surface area contributed by atoms with Crippen molar-refractivity contribution < 1.29 is 4.74 Å². The number of hydrogen-bond donors (Lipinski definition) is 2. The molecule has 1 saturated carbocycles. The third-order valence-electron chi connectivity index (χ3n) is 3.69. The zero-order chi connectivity index (χ0) is 12.5. The molecular weight excluding hydrogens is 236 g/mol. The van der Waals surface area contributed by atoms with Crippen LogP contribution < -0.4 is 15.8 Å². The largest absolute Gasteiger partial charge is 0.490 e. The van der Waals surface area contributed by atoms with Crippen molar-refractivity contribution in [3.8, 4) is 5.75 Å². The maximum atomic E-state index is 5.72. The molecule has 0 atom stereocenters. The Morgan fingerprint density at radius 2 is 2.24 bits per heavy atom. The fourth-order valence-corrected chi connectivity index (χ4v) is 2.90. The van der Waals surface area contributed by atoms with Crippen LogP contribution >= 0.6 is 11.5 Å². The summed E-state index contributed by atoms with van der Waals surface area (Å²) < 4.78 is 9.34. The van der Waals surface area contributed by atoms with Gasteiger partial charge in [-0.2, -0.15) is 4.37 Å². The molecule has 1 aromatic rings. The minimum Gasteiger partial charge on any atom is -0.490 e. The van der Waals surface area contributed by atoms with Gasteiger partial charge >= 0.3 is 0 Å². The van der Waals surface area contributed by atoms with E-state index in [4.69, 9.17) is 10.5 Å². The summed E-state index contributed by atoms with van der Waals surface area (Å²) in [5.41, 5.74) is 6.00. The first-order valence-corrected chi connectivity index (χ1v) is 6.57. The third kappa shape index (κ3) is 2.19. The molecule has 0 amide bonds. The van der Waals surface area contributed by atoms with Crippen LogP contribution in [0.2, 0.25) is 0 Å². The molecule has 6 heteroatoms. The summed E-state index contributed by atoms with van der Waals surface area (Å²) in [6, 6.07) is 0. The maximum Gasteiger partial charge on any atom is 0.197 e. The molecule has 1 aromatic heterocycles. The number of hydrogen-bond acceptors (Lipinski definition) is 6. The molecule has 5 nitrogen and oxygen atoms in total. The number of nitrogens with zero attached hydrogens (tertiary/aromatic N) is 2. The van der Waals surface area contributed by atoms with Crippen molar-refractivity contribution in [2.24, 2.45) is 0 Å². The summed E-state index contributed by atoms with van der Waals surface area (Å²) in [7, 11) is 5.90. The van der Waals surface area contributed by atoms with Gasteiger partial charge in [-0.15, -0.1) is 0 Å².